The van der Waals surface area contributed by atoms with Crippen LogP contribution in [0.2, 0.25) is 0 Å². The van der Waals surface area contributed by atoms with E-state index < -0.39 is 0 Å². The van der Waals surface area contributed by atoms with Crippen LogP contribution in [-0.4, -0.2) is 19.5 Å². The Morgan fingerprint density at radius 3 is 3.06 bits per heavy atom. The second kappa shape index (κ2) is 3.37. The number of pyridine rings is 1. The maximum absolute atomic E-state index is 5.73. The SMILES string of the molecule is Nc1nccn1Cc1c[nH]c2ncccc12. The Balaban J connectivity index is 2.04. The third-order valence-corrected chi connectivity index (χ3v) is 2.63. The van der Waals surface area contributed by atoms with E-state index in [0.29, 0.717) is 12.5 Å². The summed E-state index contributed by atoms with van der Waals surface area (Å²) >= 11 is 0. The van der Waals surface area contributed by atoms with Crippen LogP contribution in [0, 0.1) is 0 Å². The Morgan fingerprint density at radius 1 is 1.31 bits per heavy atom. The van der Waals surface area contributed by atoms with Crippen molar-refractivity contribution >= 4 is 17.0 Å². The summed E-state index contributed by atoms with van der Waals surface area (Å²) in [7, 11) is 0. The van der Waals surface area contributed by atoms with Crippen LogP contribution in [-0.2, 0) is 6.54 Å². The maximum atomic E-state index is 5.73. The molecule has 5 heteroatoms. The zero-order chi connectivity index (χ0) is 11.0. The van der Waals surface area contributed by atoms with Crippen LogP contribution >= 0.6 is 0 Å². The van der Waals surface area contributed by atoms with Gasteiger partial charge < -0.3 is 15.3 Å². The van der Waals surface area contributed by atoms with Crippen molar-refractivity contribution in [3.05, 3.63) is 42.5 Å². The average Bonchev–Trinajstić information content (AvgIpc) is 2.88. The molecule has 3 heterocycles. The van der Waals surface area contributed by atoms with E-state index in [-0.39, 0.29) is 0 Å². The fourth-order valence-electron chi connectivity index (χ4n) is 1.80. The van der Waals surface area contributed by atoms with E-state index in [1.807, 2.05) is 29.1 Å². The Bertz CT molecular complexity index is 622. The lowest BCUT2D eigenvalue weighted by molar-refractivity contribution is 0.816. The minimum absolute atomic E-state index is 0.526. The fraction of sp³-hybridized carbons (Fsp3) is 0.0909. The molecule has 0 aliphatic heterocycles. The number of hydrogen-bond acceptors (Lipinski definition) is 3. The van der Waals surface area contributed by atoms with E-state index in [0.717, 1.165) is 16.6 Å². The largest absolute Gasteiger partial charge is 0.369 e. The summed E-state index contributed by atoms with van der Waals surface area (Å²) in [5.41, 5.74) is 7.79. The van der Waals surface area contributed by atoms with Crippen LogP contribution in [0.5, 0.6) is 0 Å². The highest BCUT2D eigenvalue weighted by atomic mass is 15.1. The van der Waals surface area contributed by atoms with Gasteiger partial charge in [0, 0.05) is 30.2 Å². The second-order valence-electron chi connectivity index (χ2n) is 3.63. The number of aromatic nitrogens is 4. The van der Waals surface area contributed by atoms with E-state index in [1.165, 1.54) is 0 Å². The summed E-state index contributed by atoms with van der Waals surface area (Å²) in [4.78, 5) is 11.4. The van der Waals surface area contributed by atoms with Gasteiger partial charge in [-0.25, -0.2) is 9.97 Å². The number of nitrogens with two attached hydrogens (primary N) is 1. The van der Waals surface area contributed by atoms with Gasteiger partial charge in [-0.2, -0.15) is 0 Å². The first kappa shape index (κ1) is 8.96. The van der Waals surface area contributed by atoms with Crippen molar-refractivity contribution in [2.24, 2.45) is 0 Å². The maximum Gasteiger partial charge on any atom is 0.200 e. The van der Waals surface area contributed by atoms with Gasteiger partial charge in [-0.3, -0.25) is 0 Å². The van der Waals surface area contributed by atoms with E-state index in [4.69, 9.17) is 5.73 Å². The molecular formula is C11H11N5. The zero-order valence-electron chi connectivity index (χ0n) is 8.59. The molecule has 0 bridgehead atoms. The summed E-state index contributed by atoms with van der Waals surface area (Å²) in [6.07, 6.45) is 7.29. The normalized spacial score (nSPS) is 11.0. The van der Waals surface area contributed by atoms with Crippen molar-refractivity contribution in [1.29, 1.82) is 0 Å². The third-order valence-electron chi connectivity index (χ3n) is 2.63. The lowest BCUT2D eigenvalue weighted by Crippen LogP contribution is -2.03. The topological polar surface area (TPSA) is 72.5 Å². The van der Waals surface area contributed by atoms with Crippen molar-refractivity contribution in [1.82, 2.24) is 19.5 Å². The molecule has 0 unspecified atom stereocenters. The number of nitrogens with zero attached hydrogens (tertiary/aromatic N) is 3. The van der Waals surface area contributed by atoms with Crippen LogP contribution in [0.1, 0.15) is 5.56 Å². The van der Waals surface area contributed by atoms with Crippen LogP contribution in [0.15, 0.2) is 36.9 Å². The Kier molecular flexibility index (Phi) is 1.89. The molecule has 0 spiro atoms. The Morgan fingerprint density at radius 2 is 2.25 bits per heavy atom. The highest BCUT2D eigenvalue weighted by molar-refractivity contribution is 5.79. The first-order valence-electron chi connectivity index (χ1n) is 5.02. The average molecular weight is 213 g/mol. The van der Waals surface area contributed by atoms with E-state index >= 15 is 0 Å². The van der Waals surface area contributed by atoms with Crippen molar-refractivity contribution in [3.8, 4) is 0 Å². The molecule has 0 amide bonds. The van der Waals surface area contributed by atoms with Crippen LogP contribution in [0.3, 0.4) is 0 Å². The number of fused-ring (bicyclic) bond motifs is 1. The molecule has 0 fully saturated rings. The quantitative estimate of drug-likeness (QED) is 0.675. The van der Waals surface area contributed by atoms with Crippen molar-refractivity contribution in [2.75, 3.05) is 5.73 Å². The predicted molar refractivity (Wildman–Crippen MR) is 61.8 cm³/mol. The lowest BCUT2D eigenvalue weighted by atomic mass is 10.2. The summed E-state index contributed by atoms with van der Waals surface area (Å²) in [5, 5.41) is 1.12. The van der Waals surface area contributed by atoms with E-state index in [1.54, 1.807) is 12.4 Å². The number of rotatable bonds is 2. The van der Waals surface area contributed by atoms with Gasteiger partial charge in [0.05, 0.1) is 6.54 Å². The summed E-state index contributed by atoms with van der Waals surface area (Å²) in [5.74, 6) is 0.526. The number of nitrogens with one attached hydrogen (secondary N) is 1. The molecule has 3 N–H and O–H groups in total. The van der Waals surface area contributed by atoms with Gasteiger partial charge in [0.25, 0.3) is 0 Å². The van der Waals surface area contributed by atoms with Crippen LogP contribution < -0.4 is 5.73 Å². The molecule has 0 aliphatic carbocycles. The minimum atomic E-state index is 0.526. The van der Waals surface area contributed by atoms with Gasteiger partial charge in [0.15, 0.2) is 5.95 Å². The molecule has 0 aromatic carbocycles. The Labute approximate surface area is 91.9 Å². The molecule has 0 aliphatic rings. The number of nitrogen functional groups attached to an aromatic ring is 1. The van der Waals surface area contributed by atoms with E-state index in [2.05, 4.69) is 15.0 Å². The molecule has 0 saturated heterocycles. The molecule has 80 valence electrons. The molecule has 0 atom stereocenters. The highest BCUT2D eigenvalue weighted by Gasteiger charge is 2.05. The lowest BCUT2D eigenvalue weighted by Gasteiger charge is -2.02. The van der Waals surface area contributed by atoms with Crippen LogP contribution in [0.4, 0.5) is 5.95 Å². The molecular weight excluding hydrogens is 202 g/mol. The molecule has 5 nitrogen and oxygen atoms in total. The summed E-state index contributed by atoms with van der Waals surface area (Å²) in [6, 6.07) is 3.97. The highest BCUT2D eigenvalue weighted by Crippen LogP contribution is 2.17. The van der Waals surface area contributed by atoms with Gasteiger partial charge >= 0.3 is 0 Å². The number of anilines is 1. The standard InChI is InChI=1S/C11H11N5/c12-11-14-4-5-16(11)7-8-6-15-10-9(8)2-1-3-13-10/h1-6H,7H2,(H2,12,14)(H,13,15). The first-order valence-corrected chi connectivity index (χ1v) is 5.02. The van der Waals surface area contributed by atoms with Gasteiger partial charge in [0.1, 0.15) is 5.65 Å². The smallest absolute Gasteiger partial charge is 0.200 e. The third kappa shape index (κ3) is 1.33. The van der Waals surface area contributed by atoms with Crippen molar-refractivity contribution in [2.45, 2.75) is 6.54 Å². The second-order valence-corrected chi connectivity index (χ2v) is 3.63. The Hall–Kier alpha value is -2.30. The van der Waals surface area contributed by atoms with Crippen molar-refractivity contribution < 1.29 is 0 Å². The molecule has 0 radical (unpaired) electrons. The van der Waals surface area contributed by atoms with Gasteiger partial charge in [-0.1, -0.05) is 0 Å². The summed E-state index contributed by atoms with van der Waals surface area (Å²) in [6.45, 7) is 0.706. The molecule has 3 rings (SSSR count). The van der Waals surface area contributed by atoms with Gasteiger partial charge in [-0.05, 0) is 17.7 Å². The van der Waals surface area contributed by atoms with Crippen molar-refractivity contribution in [3.63, 3.8) is 0 Å². The zero-order valence-corrected chi connectivity index (χ0v) is 8.59. The fourth-order valence-corrected chi connectivity index (χ4v) is 1.80. The predicted octanol–water partition coefficient (Wildman–Crippen LogP) is 1.39. The molecule has 3 aromatic rings. The monoisotopic (exact) mass is 213 g/mol. The van der Waals surface area contributed by atoms with Gasteiger partial charge in [-0.15, -0.1) is 0 Å². The van der Waals surface area contributed by atoms with E-state index in [9.17, 15) is 0 Å². The first-order chi connectivity index (χ1) is 7.84. The molecule has 16 heavy (non-hydrogen) atoms. The van der Waals surface area contributed by atoms with Crippen LogP contribution in [0.25, 0.3) is 11.0 Å². The number of aromatic amines is 1. The molecule has 3 aromatic heterocycles. The number of hydrogen-bond donors (Lipinski definition) is 2. The minimum Gasteiger partial charge on any atom is -0.369 e. The molecule has 0 saturated carbocycles. The number of H-pyrrole nitrogens is 1. The summed E-state index contributed by atoms with van der Waals surface area (Å²) < 4.78 is 1.90. The number of imidazole rings is 1. The van der Waals surface area contributed by atoms with Gasteiger partial charge in [0.2, 0.25) is 0 Å².